The van der Waals surface area contributed by atoms with Gasteiger partial charge in [-0.15, -0.1) is 0 Å². The van der Waals surface area contributed by atoms with Gasteiger partial charge in [-0.1, -0.05) is 29.8 Å². The third-order valence-corrected chi connectivity index (χ3v) is 5.10. The smallest absolute Gasteiger partial charge is 0.257 e. The molecule has 3 aromatic carbocycles. The number of aromatic nitrogens is 2. The van der Waals surface area contributed by atoms with Gasteiger partial charge in [0.1, 0.15) is 23.9 Å². The highest BCUT2D eigenvalue weighted by molar-refractivity contribution is 6.31. The van der Waals surface area contributed by atoms with Gasteiger partial charge in [-0.3, -0.25) is 9.89 Å². The predicted octanol–water partition coefficient (Wildman–Crippen LogP) is 5.06. The van der Waals surface area contributed by atoms with Gasteiger partial charge in [0.2, 0.25) is 0 Å². The van der Waals surface area contributed by atoms with Crippen LogP contribution in [0.15, 0.2) is 60.7 Å². The van der Waals surface area contributed by atoms with Crippen molar-refractivity contribution in [3.63, 3.8) is 0 Å². The molecule has 158 valence electrons. The molecule has 0 fully saturated rings. The van der Waals surface area contributed by atoms with Gasteiger partial charge < -0.3 is 19.5 Å². The number of fused-ring (bicyclic) bond motifs is 1. The maximum Gasteiger partial charge on any atom is 0.257 e. The number of aromatic amines is 1. The van der Waals surface area contributed by atoms with Crippen molar-refractivity contribution >= 4 is 34.2 Å². The minimum atomic E-state index is -0.340. The fourth-order valence-corrected chi connectivity index (χ4v) is 3.26. The van der Waals surface area contributed by atoms with Gasteiger partial charge in [0.15, 0.2) is 5.82 Å². The number of methoxy groups -OCH3 is 2. The summed E-state index contributed by atoms with van der Waals surface area (Å²) in [6, 6.07) is 18.0. The molecule has 0 saturated carbocycles. The van der Waals surface area contributed by atoms with Gasteiger partial charge in [0.05, 0.1) is 19.7 Å². The lowest BCUT2D eigenvalue weighted by Crippen LogP contribution is -2.12. The van der Waals surface area contributed by atoms with Crippen LogP contribution in [0.3, 0.4) is 0 Å². The van der Waals surface area contributed by atoms with Crippen molar-refractivity contribution in [2.45, 2.75) is 6.61 Å². The number of hydrogen-bond donors (Lipinski definition) is 2. The molecule has 2 N–H and O–H groups in total. The van der Waals surface area contributed by atoms with Gasteiger partial charge in [0.25, 0.3) is 5.91 Å². The number of H-pyrrole nitrogens is 1. The van der Waals surface area contributed by atoms with E-state index >= 15 is 0 Å². The van der Waals surface area contributed by atoms with Crippen LogP contribution in [0.4, 0.5) is 5.82 Å². The van der Waals surface area contributed by atoms with Crippen LogP contribution in [0.2, 0.25) is 5.02 Å². The van der Waals surface area contributed by atoms with E-state index in [2.05, 4.69) is 15.5 Å². The molecule has 0 atom stereocenters. The van der Waals surface area contributed by atoms with Crippen molar-refractivity contribution in [2.75, 3.05) is 19.5 Å². The van der Waals surface area contributed by atoms with E-state index in [4.69, 9.17) is 25.8 Å². The molecule has 0 spiro atoms. The van der Waals surface area contributed by atoms with Crippen molar-refractivity contribution in [3.05, 3.63) is 76.8 Å². The van der Waals surface area contributed by atoms with Gasteiger partial charge in [-0.05, 0) is 36.4 Å². The van der Waals surface area contributed by atoms with Crippen LogP contribution in [0, 0.1) is 0 Å². The molecular formula is C23H20ClN3O4. The summed E-state index contributed by atoms with van der Waals surface area (Å²) in [5, 5.41) is 11.3. The summed E-state index contributed by atoms with van der Waals surface area (Å²) >= 11 is 6.19. The second-order valence-corrected chi connectivity index (χ2v) is 7.12. The molecule has 0 aliphatic rings. The van der Waals surface area contributed by atoms with E-state index in [1.54, 1.807) is 18.2 Å². The van der Waals surface area contributed by atoms with E-state index < -0.39 is 0 Å². The first-order chi connectivity index (χ1) is 15.1. The SMILES string of the molecule is COc1cc(OC)cc(C(=O)Nc2n[nH]c3ccc(OCc4ccccc4Cl)cc23)c1. The molecule has 31 heavy (non-hydrogen) atoms. The Bertz CT molecular complexity index is 1220. The minimum absolute atomic E-state index is 0.328. The van der Waals surface area contributed by atoms with E-state index in [9.17, 15) is 4.79 Å². The summed E-state index contributed by atoms with van der Waals surface area (Å²) in [7, 11) is 3.06. The average Bonchev–Trinajstić information content (AvgIpc) is 3.20. The number of benzene rings is 3. The molecule has 0 aliphatic carbocycles. The maximum atomic E-state index is 12.8. The van der Waals surface area contributed by atoms with E-state index in [0.717, 1.165) is 16.5 Å². The number of nitrogens with zero attached hydrogens (tertiary/aromatic N) is 1. The van der Waals surface area contributed by atoms with Gasteiger partial charge in [0, 0.05) is 27.6 Å². The predicted molar refractivity (Wildman–Crippen MR) is 119 cm³/mol. The minimum Gasteiger partial charge on any atom is -0.497 e. The Morgan fingerprint density at radius 1 is 1.00 bits per heavy atom. The zero-order valence-corrected chi connectivity index (χ0v) is 17.7. The molecule has 1 aromatic heterocycles. The highest BCUT2D eigenvalue weighted by Crippen LogP contribution is 2.28. The normalized spacial score (nSPS) is 10.7. The topological polar surface area (TPSA) is 85.5 Å². The van der Waals surface area contributed by atoms with E-state index in [0.29, 0.717) is 40.3 Å². The lowest BCUT2D eigenvalue weighted by atomic mass is 10.1. The molecule has 0 bridgehead atoms. The van der Waals surface area contributed by atoms with Gasteiger partial charge >= 0.3 is 0 Å². The number of halogens is 1. The Morgan fingerprint density at radius 2 is 1.74 bits per heavy atom. The standard InChI is InChI=1S/C23H20ClN3O4/c1-29-17-9-15(10-18(11-17)30-2)23(28)25-22-19-12-16(7-8-21(19)26-27-22)31-13-14-5-3-4-6-20(14)24/h3-12H,13H2,1-2H3,(H2,25,26,27,28). The lowest BCUT2D eigenvalue weighted by molar-refractivity contribution is 0.102. The molecule has 0 unspecified atom stereocenters. The van der Waals surface area contributed by atoms with Gasteiger partial charge in [-0.2, -0.15) is 5.10 Å². The molecule has 4 aromatic rings. The number of anilines is 1. The Hall–Kier alpha value is -3.71. The Morgan fingerprint density at radius 3 is 2.45 bits per heavy atom. The zero-order valence-electron chi connectivity index (χ0n) is 16.9. The summed E-state index contributed by atoms with van der Waals surface area (Å²) in [6.07, 6.45) is 0. The molecule has 0 aliphatic heterocycles. The van der Waals surface area contributed by atoms with E-state index in [1.807, 2.05) is 42.5 Å². The number of hydrogen-bond acceptors (Lipinski definition) is 5. The Labute approximate surface area is 183 Å². The first-order valence-corrected chi connectivity index (χ1v) is 9.84. The van der Waals surface area contributed by atoms with Crippen LogP contribution in [0.25, 0.3) is 10.9 Å². The molecule has 4 rings (SSSR count). The van der Waals surface area contributed by atoms with Crippen LogP contribution >= 0.6 is 11.6 Å². The summed E-state index contributed by atoms with van der Waals surface area (Å²) in [4.78, 5) is 12.8. The van der Waals surface area contributed by atoms with Crippen LogP contribution in [-0.4, -0.2) is 30.3 Å². The van der Waals surface area contributed by atoms with Crippen molar-refractivity contribution in [1.82, 2.24) is 10.2 Å². The second kappa shape index (κ2) is 8.97. The van der Waals surface area contributed by atoms with Crippen molar-refractivity contribution in [1.29, 1.82) is 0 Å². The number of amides is 1. The molecule has 7 nitrogen and oxygen atoms in total. The highest BCUT2D eigenvalue weighted by atomic mass is 35.5. The van der Waals surface area contributed by atoms with Crippen molar-refractivity contribution < 1.29 is 19.0 Å². The van der Waals surface area contributed by atoms with Crippen LogP contribution in [-0.2, 0) is 6.61 Å². The highest BCUT2D eigenvalue weighted by Gasteiger charge is 2.14. The number of nitrogens with one attached hydrogen (secondary N) is 2. The summed E-state index contributed by atoms with van der Waals surface area (Å²) in [6.45, 7) is 0.328. The monoisotopic (exact) mass is 437 g/mol. The second-order valence-electron chi connectivity index (χ2n) is 6.72. The molecule has 8 heteroatoms. The van der Waals surface area contributed by atoms with Crippen LogP contribution in [0.1, 0.15) is 15.9 Å². The molecule has 0 saturated heterocycles. The molecule has 0 radical (unpaired) electrons. The number of carbonyl (C=O) groups excluding carboxylic acids is 1. The number of carbonyl (C=O) groups is 1. The maximum absolute atomic E-state index is 12.8. The largest absolute Gasteiger partial charge is 0.497 e. The van der Waals surface area contributed by atoms with E-state index in [-0.39, 0.29) is 5.91 Å². The number of ether oxygens (including phenoxy) is 3. The molecular weight excluding hydrogens is 418 g/mol. The van der Waals surface area contributed by atoms with Crippen LogP contribution in [0.5, 0.6) is 17.2 Å². The molecule has 1 heterocycles. The fourth-order valence-electron chi connectivity index (χ4n) is 3.07. The van der Waals surface area contributed by atoms with Crippen LogP contribution < -0.4 is 19.5 Å². The average molecular weight is 438 g/mol. The first-order valence-electron chi connectivity index (χ1n) is 9.46. The lowest BCUT2D eigenvalue weighted by Gasteiger charge is -2.09. The Balaban J connectivity index is 1.55. The first kappa shape index (κ1) is 20.6. The fraction of sp³-hybridized carbons (Fsp3) is 0.130. The van der Waals surface area contributed by atoms with E-state index in [1.165, 1.54) is 14.2 Å². The third-order valence-electron chi connectivity index (χ3n) is 4.73. The quantitative estimate of drug-likeness (QED) is 0.422. The third kappa shape index (κ3) is 4.57. The number of rotatable bonds is 7. The molecule has 1 amide bonds. The summed E-state index contributed by atoms with van der Waals surface area (Å²) in [5.41, 5.74) is 2.04. The zero-order chi connectivity index (χ0) is 21.8. The summed E-state index contributed by atoms with van der Waals surface area (Å²) < 4.78 is 16.3. The van der Waals surface area contributed by atoms with Crippen molar-refractivity contribution in [2.24, 2.45) is 0 Å². The van der Waals surface area contributed by atoms with Crippen molar-refractivity contribution in [3.8, 4) is 17.2 Å². The van der Waals surface area contributed by atoms with Gasteiger partial charge in [-0.25, -0.2) is 0 Å². The summed E-state index contributed by atoms with van der Waals surface area (Å²) in [5.74, 6) is 1.73. The Kier molecular flexibility index (Phi) is 5.95.